The van der Waals surface area contributed by atoms with Crippen molar-refractivity contribution in [2.24, 2.45) is 0 Å². The van der Waals surface area contributed by atoms with Crippen molar-refractivity contribution in [2.45, 2.75) is 12.8 Å². The zero-order valence-electron chi connectivity index (χ0n) is 14.9. The smallest absolute Gasteiger partial charge is 0.282 e. The van der Waals surface area contributed by atoms with Gasteiger partial charge in [0.05, 0.1) is 5.56 Å². The summed E-state index contributed by atoms with van der Waals surface area (Å²) >= 11 is 0. The maximum Gasteiger partial charge on any atom is 0.282 e. The molecule has 0 bridgehead atoms. The third-order valence-electron chi connectivity index (χ3n) is 5.22. The van der Waals surface area contributed by atoms with Crippen molar-refractivity contribution in [3.05, 3.63) is 46.2 Å². The monoisotopic (exact) mass is 390 g/mol. The van der Waals surface area contributed by atoms with E-state index in [0.29, 0.717) is 42.6 Å². The third-order valence-corrected chi connectivity index (χ3v) is 7.26. The van der Waals surface area contributed by atoms with Gasteiger partial charge < -0.3 is 9.88 Å². The molecule has 0 spiro atoms. The van der Waals surface area contributed by atoms with Gasteiger partial charge in [0.2, 0.25) is 5.56 Å². The highest BCUT2D eigenvalue weighted by Gasteiger charge is 2.35. The number of H-pyrrole nitrogens is 1. The summed E-state index contributed by atoms with van der Waals surface area (Å²) in [5.74, 6) is -0.240. The standard InChI is InChI=1S/C18H22N4O4S/c23-17-13-15(14-5-1-2-6-16(14)19-17)18(24)20-9-11-22(12-10-20)27(25,26)21-7-3-4-8-21/h1-2,5-6,13H,3-4,7-12H2,(H,19,23). The minimum atomic E-state index is -3.44. The molecule has 2 fully saturated rings. The predicted octanol–water partition coefficient (Wildman–Crippen LogP) is 0.627. The molecule has 9 heteroatoms. The molecule has 4 rings (SSSR count). The molecule has 2 aromatic rings. The summed E-state index contributed by atoms with van der Waals surface area (Å²) in [4.78, 5) is 29.2. The minimum Gasteiger partial charge on any atom is -0.336 e. The summed E-state index contributed by atoms with van der Waals surface area (Å²) in [5, 5.41) is 0.689. The first kappa shape index (κ1) is 18.1. The van der Waals surface area contributed by atoms with E-state index in [-0.39, 0.29) is 24.6 Å². The van der Waals surface area contributed by atoms with Crippen LogP contribution < -0.4 is 5.56 Å². The minimum absolute atomic E-state index is 0.240. The van der Waals surface area contributed by atoms with Gasteiger partial charge in [0.15, 0.2) is 0 Å². The van der Waals surface area contributed by atoms with Gasteiger partial charge in [-0.25, -0.2) is 0 Å². The molecule has 1 aromatic heterocycles. The van der Waals surface area contributed by atoms with E-state index in [9.17, 15) is 18.0 Å². The summed E-state index contributed by atoms with van der Waals surface area (Å²) in [7, 11) is -3.44. The number of pyridine rings is 1. The Hall–Kier alpha value is -2.23. The molecule has 0 atom stereocenters. The summed E-state index contributed by atoms with van der Waals surface area (Å²) in [6.07, 6.45) is 1.79. The van der Waals surface area contributed by atoms with Gasteiger partial charge in [-0.3, -0.25) is 9.59 Å². The fourth-order valence-electron chi connectivity index (χ4n) is 3.76. The first-order valence-electron chi connectivity index (χ1n) is 9.13. The molecule has 144 valence electrons. The van der Waals surface area contributed by atoms with Crippen molar-refractivity contribution in [1.82, 2.24) is 18.5 Å². The van der Waals surface area contributed by atoms with E-state index in [2.05, 4.69) is 4.98 Å². The highest BCUT2D eigenvalue weighted by atomic mass is 32.2. The van der Waals surface area contributed by atoms with Crippen LogP contribution in [0.25, 0.3) is 10.9 Å². The van der Waals surface area contributed by atoms with Crippen LogP contribution in [-0.4, -0.2) is 72.1 Å². The molecule has 1 amide bonds. The van der Waals surface area contributed by atoms with Gasteiger partial charge >= 0.3 is 0 Å². The van der Waals surface area contributed by atoms with Crippen LogP contribution in [0.15, 0.2) is 35.1 Å². The Morgan fingerprint density at radius 2 is 1.56 bits per heavy atom. The van der Waals surface area contributed by atoms with Gasteiger partial charge in [-0.2, -0.15) is 17.0 Å². The van der Waals surface area contributed by atoms with Crippen molar-refractivity contribution in [2.75, 3.05) is 39.3 Å². The van der Waals surface area contributed by atoms with Crippen LogP contribution in [0.5, 0.6) is 0 Å². The van der Waals surface area contributed by atoms with Gasteiger partial charge in [0.25, 0.3) is 16.1 Å². The van der Waals surface area contributed by atoms with E-state index < -0.39 is 10.2 Å². The summed E-state index contributed by atoms with van der Waals surface area (Å²) < 4.78 is 28.3. The molecule has 8 nitrogen and oxygen atoms in total. The number of amides is 1. The highest BCUT2D eigenvalue weighted by molar-refractivity contribution is 7.86. The number of nitrogens with zero attached hydrogens (tertiary/aromatic N) is 3. The van der Waals surface area contributed by atoms with Gasteiger partial charge in [-0.1, -0.05) is 18.2 Å². The lowest BCUT2D eigenvalue weighted by Crippen LogP contribution is -2.53. The SMILES string of the molecule is O=C(c1cc(=O)[nH]c2ccccc12)N1CCN(S(=O)(=O)N2CCCC2)CC1. The average molecular weight is 390 g/mol. The van der Waals surface area contributed by atoms with E-state index in [1.165, 1.54) is 14.7 Å². The van der Waals surface area contributed by atoms with E-state index in [4.69, 9.17) is 0 Å². The highest BCUT2D eigenvalue weighted by Crippen LogP contribution is 2.20. The fraction of sp³-hybridized carbons (Fsp3) is 0.444. The Balaban J connectivity index is 1.52. The Morgan fingerprint density at radius 3 is 2.26 bits per heavy atom. The van der Waals surface area contributed by atoms with Crippen molar-refractivity contribution < 1.29 is 13.2 Å². The Morgan fingerprint density at radius 1 is 0.926 bits per heavy atom. The second-order valence-corrected chi connectivity index (χ2v) is 8.83. The molecular formula is C18H22N4O4S. The van der Waals surface area contributed by atoms with Crippen molar-refractivity contribution in [1.29, 1.82) is 0 Å². The van der Waals surface area contributed by atoms with Crippen LogP contribution in [-0.2, 0) is 10.2 Å². The summed E-state index contributed by atoms with van der Waals surface area (Å²) in [5.41, 5.74) is 0.640. The number of fused-ring (bicyclic) bond motifs is 1. The molecule has 1 N–H and O–H groups in total. The third kappa shape index (κ3) is 3.38. The van der Waals surface area contributed by atoms with E-state index in [1.807, 2.05) is 6.07 Å². The van der Waals surface area contributed by atoms with Crippen LogP contribution in [0.2, 0.25) is 0 Å². The lowest BCUT2D eigenvalue weighted by Gasteiger charge is -2.35. The molecule has 0 radical (unpaired) electrons. The number of rotatable bonds is 3. The second-order valence-electron chi connectivity index (χ2n) is 6.90. The Labute approximate surface area is 157 Å². The molecule has 2 aliphatic rings. The number of hydrogen-bond acceptors (Lipinski definition) is 4. The number of para-hydroxylation sites is 1. The summed E-state index contributed by atoms with van der Waals surface area (Å²) in [6.45, 7) is 2.30. The second kappa shape index (κ2) is 7.06. The quantitative estimate of drug-likeness (QED) is 0.832. The van der Waals surface area contributed by atoms with Crippen LogP contribution in [0.4, 0.5) is 0 Å². The van der Waals surface area contributed by atoms with Crippen molar-refractivity contribution in [3.8, 4) is 0 Å². The number of aromatic nitrogens is 1. The number of nitrogens with one attached hydrogen (secondary N) is 1. The zero-order chi connectivity index (χ0) is 19.0. The normalized spacial score (nSPS) is 19.6. The zero-order valence-corrected chi connectivity index (χ0v) is 15.7. The summed E-state index contributed by atoms with van der Waals surface area (Å²) in [6, 6.07) is 8.49. The van der Waals surface area contributed by atoms with Gasteiger partial charge in [-0.05, 0) is 18.9 Å². The topological polar surface area (TPSA) is 93.8 Å². The van der Waals surface area contributed by atoms with Crippen LogP contribution in [0.1, 0.15) is 23.2 Å². The molecule has 0 aliphatic carbocycles. The molecule has 2 saturated heterocycles. The average Bonchev–Trinajstić information content (AvgIpc) is 3.22. The molecule has 0 unspecified atom stereocenters. The van der Waals surface area contributed by atoms with E-state index >= 15 is 0 Å². The Bertz CT molecular complexity index is 1020. The number of benzene rings is 1. The first-order valence-corrected chi connectivity index (χ1v) is 10.5. The lowest BCUT2D eigenvalue weighted by atomic mass is 10.1. The van der Waals surface area contributed by atoms with Crippen LogP contribution in [0, 0.1) is 0 Å². The maximum atomic E-state index is 13.0. The van der Waals surface area contributed by atoms with Crippen molar-refractivity contribution in [3.63, 3.8) is 0 Å². The van der Waals surface area contributed by atoms with Gasteiger partial charge in [-0.15, -0.1) is 0 Å². The number of carbonyl (C=O) groups is 1. The Kier molecular flexibility index (Phi) is 4.75. The van der Waals surface area contributed by atoms with Crippen LogP contribution >= 0.6 is 0 Å². The predicted molar refractivity (Wildman–Crippen MR) is 102 cm³/mol. The van der Waals surface area contributed by atoms with Gasteiger partial charge in [0, 0.05) is 56.2 Å². The molecule has 0 saturated carbocycles. The molecule has 3 heterocycles. The van der Waals surface area contributed by atoms with Gasteiger partial charge in [0.1, 0.15) is 0 Å². The van der Waals surface area contributed by atoms with Crippen LogP contribution in [0.3, 0.4) is 0 Å². The molecule has 1 aromatic carbocycles. The number of hydrogen-bond donors (Lipinski definition) is 1. The molecule has 27 heavy (non-hydrogen) atoms. The molecule has 2 aliphatic heterocycles. The maximum absolute atomic E-state index is 13.0. The van der Waals surface area contributed by atoms with Crippen molar-refractivity contribution >= 4 is 27.0 Å². The number of piperazine rings is 1. The number of aromatic amines is 1. The fourth-order valence-corrected chi connectivity index (χ4v) is 5.43. The largest absolute Gasteiger partial charge is 0.336 e. The number of carbonyl (C=O) groups excluding carboxylic acids is 1. The first-order chi connectivity index (χ1) is 13.0. The lowest BCUT2D eigenvalue weighted by molar-refractivity contribution is 0.0696. The van der Waals surface area contributed by atoms with E-state index in [0.717, 1.165) is 12.8 Å². The molecular weight excluding hydrogens is 368 g/mol. The van der Waals surface area contributed by atoms with E-state index in [1.54, 1.807) is 23.1 Å².